The maximum absolute atomic E-state index is 13.8. The molecular weight excluding hydrogens is 399 g/mol. The van der Waals surface area contributed by atoms with Crippen molar-refractivity contribution in [3.05, 3.63) is 78.0 Å². The second-order valence-electron chi connectivity index (χ2n) is 7.39. The van der Waals surface area contributed by atoms with Crippen molar-refractivity contribution in [2.45, 2.75) is 25.3 Å². The third kappa shape index (κ3) is 4.23. The van der Waals surface area contributed by atoms with Crippen LogP contribution >= 0.6 is 0 Å². The third-order valence-electron chi connectivity index (χ3n) is 5.22. The van der Waals surface area contributed by atoms with Crippen molar-refractivity contribution in [1.82, 2.24) is 15.3 Å². The van der Waals surface area contributed by atoms with Crippen LogP contribution in [0.3, 0.4) is 0 Å². The molecule has 0 saturated heterocycles. The van der Waals surface area contributed by atoms with E-state index in [1.54, 1.807) is 25.4 Å². The number of rotatable bonds is 4. The lowest BCUT2D eigenvalue weighted by Gasteiger charge is -2.21. The summed E-state index contributed by atoms with van der Waals surface area (Å²) < 4.78 is 19.4. The average Bonchev–Trinajstić information content (AvgIpc) is 2.87. The molecule has 1 unspecified atom stereocenters. The summed E-state index contributed by atoms with van der Waals surface area (Å²) in [7, 11) is 1.65. The van der Waals surface area contributed by atoms with E-state index in [0.717, 1.165) is 5.56 Å². The van der Waals surface area contributed by atoms with Gasteiger partial charge in [0, 0.05) is 25.5 Å². The Kier molecular flexibility index (Phi) is 5.62. The average molecular weight is 420 g/mol. The van der Waals surface area contributed by atoms with Gasteiger partial charge >= 0.3 is 0 Å². The van der Waals surface area contributed by atoms with E-state index in [4.69, 9.17) is 4.74 Å². The summed E-state index contributed by atoms with van der Waals surface area (Å²) >= 11 is 0. The summed E-state index contributed by atoms with van der Waals surface area (Å²) in [5, 5.41) is 2.77. The van der Waals surface area contributed by atoms with Gasteiger partial charge in [-0.2, -0.15) is 0 Å². The lowest BCUT2D eigenvalue weighted by Crippen LogP contribution is -2.47. The number of likely N-dealkylation sites (N-methyl/N-ethyl adjacent to an activating group) is 1. The van der Waals surface area contributed by atoms with Crippen LogP contribution in [-0.4, -0.2) is 34.9 Å². The Hall–Kier alpha value is -3.81. The second kappa shape index (κ2) is 8.51. The third-order valence-corrected chi connectivity index (χ3v) is 5.22. The fourth-order valence-electron chi connectivity index (χ4n) is 3.60. The van der Waals surface area contributed by atoms with Gasteiger partial charge in [-0.05, 0) is 42.2 Å². The number of hydrogen-bond acceptors (Lipinski definition) is 5. The number of benzene rings is 1. The summed E-state index contributed by atoms with van der Waals surface area (Å²) in [5.41, 5.74) is 1.02. The van der Waals surface area contributed by atoms with E-state index in [2.05, 4.69) is 15.3 Å². The van der Waals surface area contributed by atoms with E-state index in [1.165, 1.54) is 35.4 Å². The van der Waals surface area contributed by atoms with E-state index >= 15 is 0 Å². The molecule has 2 atom stereocenters. The van der Waals surface area contributed by atoms with Crippen LogP contribution in [0.15, 0.2) is 60.9 Å². The Labute approximate surface area is 178 Å². The molecule has 0 aliphatic carbocycles. The molecule has 2 aromatic heterocycles. The first-order valence-electron chi connectivity index (χ1n) is 9.86. The van der Waals surface area contributed by atoms with Gasteiger partial charge in [0.15, 0.2) is 11.6 Å². The molecule has 0 bridgehead atoms. The zero-order valence-corrected chi connectivity index (χ0v) is 17.1. The fraction of sp³-hybridized carbons (Fsp3) is 0.217. The Morgan fingerprint density at radius 3 is 2.77 bits per heavy atom. The van der Waals surface area contributed by atoms with E-state index in [-0.39, 0.29) is 29.0 Å². The first-order valence-corrected chi connectivity index (χ1v) is 9.86. The predicted molar refractivity (Wildman–Crippen MR) is 113 cm³/mol. The number of carbonyl (C=O) groups is 2. The lowest BCUT2D eigenvalue weighted by atomic mass is 9.95. The number of fused-ring (bicyclic) bond motifs is 1. The van der Waals surface area contributed by atoms with Crippen LogP contribution in [0.2, 0.25) is 0 Å². The van der Waals surface area contributed by atoms with Gasteiger partial charge in [0.05, 0.1) is 0 Å². The van der Waals surface area contributed by atoms with E-state index < -0.39 is 17.8 Å². The van der Waals surface area contributed by atoms with E-state index in [0.29, 0.717) is 12.2 Å². The normalized spacial score (nSPS) is 18.2. The molecule has 4 rings (SSSR count). The molecular formula is C23H21FN4O3. The molecule has 1 N–H and O–H groups in total. The first kappa shape index (κ1) is 20.5. The number of ether oxygens (including phenoxy) is 1. The molecule has 1 aromatic carbocycles. The van der Waals surface area contributed by atoms with Crippen molar-refractivity contribution >= 4 is 17.6 Å². The maximum atomic E-state index is 13.8. The molecule has 0 spiro atoms. The lowest BCUT2D eigenvalue weighted by molar-refractivity contribution is -0.120. The highest BCUT2D eigenvalue weighted by atomic mass is 19.1. The van der Waals surface area contributed by atoms with Crippen LogP contribution < -0.4 is 15.0 Å². The summed E-state index contributed by atoms with van der Waals surface area (Å²) in [6.45, 7) is 1.99. The number of nitrogens with zero attached hydrogens (tertiary/aromatic N) is 3. The number of carbonyl (C=O) groups excluding carboxylic acids is 2. The van der Waals surface area contributed by atoms with Gasteiger partial charge in [0.2, 0.25) is 5.91 Å². The van der Waals surface area contributed by atoms with Gasteiger partial charge in [0.1, 0.15) is 23.3 Å². The van der Waals surface area contributed by atoms with Gasteiger partial charge < -0.3 is 10.1 Å². The Morgan fingerprint density at radius 1 is 1.16 bits per heavy atom. The molecule has 7 nitrogen and oxygen atoms in total. The van der Waals surface area contributed by atoms with Gasteiger partial charge in [-0.3, -0.25) is 19.5 Å². The Morgan fingerprint density at radius 2 is 1.97 bits per heavy atom. The zero-order chi connectivity index (χ0) is 22.0. The van der Waals surface area contributed by atoms with Crippen molar-refractivity contribution in [3.8, 4) is 11.5 Å². The smallest absolute Gasteiger partial charge is 0.270 e. The number of amides is 2. The molecule has 0 saturated carbocycles. The van der Waals surface area contributed by atoms with Crippen molar-refractivity contribution in [2.75, 3.05) is 11.9 Å². The van der Waals surface area contributed by atoms with Gasteiger partial charge in [-0.25, -0.2) is 9.37 Å². The maximum Gasteiger partial charge on any atom is 0.270 e. The fourth-order valence-corrected chi connectivity index (χ4v) is 3.60. The molecule has 3 aromatic rings. The van der Waals surface area contributed by atoms with Crippen LogP contribution in [0.1, 0.15) is 35.3 Å². The van der Waals surface area contributed by atoms with Crippen molar-refractivity contribution < 1.29 is 18.7 Å². The number of hydrogen-bond donors (Lipinski definition) is 1. The molecule has 158 valence electrons. The Balaban J connectivity index is 1.52. The van der Waals surface area contributed by atoms with Crippen molar-refractivity contribution in [3.63, 3.8) is 0 Å². The van der Waals surface area contributed by atoms with Gasteiger partial charge in [-0.1, -0.05) is 25.1 Å². The minimum absolute atomic E-state index is 0.0200. The quantitative estimate of drug-likeness (QED) is 0.696. The SMILES string of the molecule is CC1C[C@H](NC(=O)c2cc(Oc3ccccc3F)ccn2)C(=O)N(C)c2ncccc21. The molecule has 8 heteroatoms. The van der Waals surface area contributed by atoms with E-state index in [9.17, 15) is 14.0 Å². The minimum atomic E-state index is -0.736. The number of anilines is 1. The molecule has 2 amide bonds. The predicted octanol–water partition coefficient (Wildman–Crippen LogP) is 3.68. The van der Waals surface area contributed by atoms with Gasteiger partial charge in [0.25, 0.3) is 5.91 Å². The standard InChI is InChI=1S/C23H21FN4O3/c1-14-12-19(23(30)28(2)21-16(14)6-5-10-26-21)27-22(29)18-13-15(9-11-25-18)31-20-8-4-3-7-17(20)24/h3-11,13-14,19H,12H2,1-2H3,(H,27,29)/t14?,19-/m0/s1. The molecule has 3 heterocycles. The summed E-state index contributed by atoms with van der Waals surface area (Å²) in [6.07, 6.45) is 3.47. The molecule has 1 aliphatic heterocycles. The summed E-state index contributed by atoms with van der Waals surface area (Å²) in [5.74, 6) is -0.367. The van der Waals surface area contributed by atoms with E-state index in [1.807, 2.05) is 19.1 Å². The molecule has 31 heavy (non-hydrogen) atoms. The van der Waals surface area contributed by atoms with Crippen LogP contribution in [0.4, 0.5) is 10.2 Å². The zero-order valence-electron chi connectivity index (χ0n) is 17.1. The topological polar surface area (TPSA) is 84.4 Å². The number of pyridine rings is 2. The van der Waals surface area contributed by atoms with Crippen LogP contribution in [-0.2, 0) is 4.79 Å². The number of halogens is 1. The largest absolute Gasteiger partial charge is 0.454 e. The summed E-state index contributed by atoms with van der Waals surface area (Å²) in [4.78, 5) is 35.7. The van der Waals surface area contributed by atoms with Crippen LogP contribution in [0.25, 0.3) is 0 Å². The first-order chi connectivity index (χ1) is 14.9. The molecule has 0 fully saturated rings. The van der Waals surface area contributed by atoms with Crippen molar-refractivity contribution in [2.24, 2.45) is 0 Å². The van der Waals surface area contributed by atoms with Crippen LogP contribution in [0.5, 0.6) is 11.5 Å². The number of nitrogens with one attached hydrogen (secondary N) is 1. The monoisotopic (exact) mass is 420 g/mol. The highest BCUT2D eigenvalue weighted by Gasteiger charge is 2.33. The highest BCUT2D eigenvalue weighted by molar-refractivity contribution is 6.02. The summed E-state index contributed by atoms with van der Waals surface area (Å²) in [6, 6.07) is 11.9. The van der Waals surface area contributed by atoms with Gasteiger partial charge in [-0.15, -0.1) is 0 Å². The number of para-hydroxylation sites is 1. The molecule has 1 aliphatic rings. The highest BCUT2D eigenvalue weighted by Crippen LogP contribution is 2.32. The number of aromatic nitrogens is 2. The second-order valence-corrected chi connectivity index (χ2v) is 7.39. The molecule has 0 radical (unpaired) electrons. The van der Waals surface area contributed by atoms with Crippen molar-refractivity contribution in [1.29, 1.82) is 0 Å². The minimum Gasteiger partial charge on any atom is -0.454 e. The Bertz CT molecular complexity index is 1140. The van der Waals surface area contributed by atoms with Crippen LogP contribution in [0, 0.1) is 5.82 Å².